The first kappa shape index (κ1) is 20.0. The van der Waals surface area contributed by atoms with Crippen LogP contribution in [-0.2, 0) is 6.61 Å². The molecular weight excluding hydrogens is 398 g/mol. The summed E-state index contributed by atoms with van der Waals surface area (Å²) in [5.41, 5.74) is 0.645. The lowest BCUT2D eigenvalue weighted by Crippen LogP contribution is -2.27. The van der Waals surface area contributed by atoms with Gasteiger partial charge in [-0.1, -0.05) is 6.07 Å². The van der Waals surface area contributed by atoms with Gasteiger partial charge in [-0.25, -0.2) is 14.4 Å². The number of hydrogen-bond acceptors (Lipinski definition) is 7. The standard InChI is InChI=1S/C21H18F2N2O5/c1-21(23)29-14-5-3-11(7-16(14)30-21)18-15(28-2)6-4-13(19(18)22)20(27)12-8-24-17(10-26)25-9-12/h3-9,20,26-27H,10H2,1-2H3/t20-,21?/m0/s1. The lowest BCUT2D eigenvalue weighted by Gasteiger charge is -2.17. The van der Waals surface area contributed by atoms with Crippen LogP contribution in [-0.4, -0.2) is 33.3 Å². The minimum atomic E-state index is -2.30. The molecule has 1 aromatic heterocycles. The van der Waals surface area contributed by atoms with Crippen molar-refractivity contribution in [1.29, 1.82) is 0 Å². The maximum absolute atomic E-state index is 15.5. The lowest BCUT2D eigenvalue weighted by molar-refractivity contribution is -0.173. The van der Waals surface area contributed by atoms with Gasteiger partial charge in [0.15, 0.2) is 17.3 Å². The second kappa shape index (κ2) is 7.51. The van der Waals surface area contributed by atoms with Crippen molar-refractivity contribution in [1.82, 2.24) is 9.97 Å². The van der Waals surface area contributed by atoms with Crippen molar-refractivity contribution in [3.05, 3.63) is 65.5 Å². The first-order chi connectivity index (χ1) is 14.3. The van der Waals surface area contributed by atoms with E-state index in [-0.39, 0.29) is 46.4 Å². The molecule has 3 aromatic rings. The monoisotopic (exact) mass is 416 g/mol. The quantitative estimate of drug-likeness (QED) is 0.659. The van der Waals surface area contributed by atoms with E-state index >= 15 is 4.39 Å². The van der Waals surface area contributed by atoms with Gasteiger partial charge in [-0.15, -0.1) is 0 Å². The summed E-state index contributed by atoms with van der Waals surface area (Å²) in [4.78, 5) is 7.81. The van der Waals surface area contributed by atoms with Gasteiger partial charge in [0.05, 0.1) is 12.7 Å². The number of halogens is 2. The molecule has 0 radical (unpaired) electrons. The van der Waals surface area contributed by atoms with Gasteiger partial charge >= 0.3 is 6.04 Å². The number of hydrogen-bond donors (Lipinski definition) is 2. The van der Waals surface area contributed by atoms with Crippen molar-refractivity contribution in [2.45, 2.75) is 25.7 Å². The number of benzene rings is 2. The largest absolute Gasteiger partial charge is 0.496 e. The first-order valence-electron chi connectivity index (χ1n) is 9.00. The van der Waals surface area contributed by atoms with E-state index in [1.807, 2.05) is 0 Å². The van der Waals surface area contributed by atoms with Crippen LogP contribution in [0.25, 0.3) is 11.1 Å². The SMILES string of the molecule is COc1ccc([C@@H](O)c2cnc(CO)nc2)c(F)c1-c1ccc2c(c1)OC(C)(F)O2. The number of nitrogens with zero attached hydrogens (tertiary/aromatic N) is 2. The van der Waals surface area contributed by atoms with Crippen LogP contribution < -0.4 is 14.2 Å². The normalized spacial score (nSPS) is 18.3. The fourth-order valence-electron chi connectivity index (χ4n) is 3.23. The number of methoxy groups -OCH3 is 1. The van der Waals surface area contributed by atoms with Crippen molar-refractivity contribution in [3.63, 3.8) is 0 Å². The molecule has 1 aliphatic rings. The van der Waals surface area contributed by atoms with Crippen molar-refractivity contribution >= 4 is 0 Å². The molecular formula is C21H18F2N2O5. The Hall–Kier alpha value is -3.30. The van der Waals surface area contributed by atoms with Crippen molar-refractivity contribution < 1.29 is 33.2 Å². The zero-order valence-electron chi connectivity index (χ0n) is 16.1. The van der Waals surface area contributed by atoms with Crippen LogP contribution in [0.2, 0.25) is 0 Å². The van der Waals surface area contributed by atoms with Crippen LogP contribution in [0, 0.1) is 5.82 Å². The van der Waals surface area contributed by atoms with Gasteiger partial charge < -0.3 is 24.4 Å². The minimum Gasteiger partial charge on any atom is -0.496 e. The van der Waals surface area contributed by atoms with Crippen molar-refractivity contribution in [3.8, 4) is 28.4 Å². The second-order valence-corrected chi connectivity index (χ2v) is 6.74. The van der Waals surface area contributed by atoms with E-state index in [4.69, 9.17) is 19.3 Å². The number of ether oxygens (including phenoxy) is 3. The summed E-state index contributed by atoms with van der Waals surface area (Å²) in [6.07, 6.45) is 1.27. The Morgan fingerprint density at radius 2 is 1.83 bits per heavy atom. The molecule has 7 nitrogen and oxygen atoms in total. The first-order valence-corrected chi connectivity index (χ1v) is 9.00. The van der Waals surface area contributed by atoms with Gasteiger partial charge in [0, 0.05) is 30.4 Å². The molecule has 9 heteroatoms. The summed E-state index contributed by atoms with van der Waals surface area (Å²) in [7, 11) is 1.39. The fraction of sp³-hybridized carbons (Fsp3) is 0.238. The maximum Gasteiger partial charge on any atom is 0.404 e. The summed E-state index contributed by atoms with van der Waals surface area (Å²) >= 11 is 0. The smallest absolute Gasteiger partial charge is 0.404 e. The Labute approximate surface area is 170 Å². The number of aliphatic hydroxyl groups is 2. The third kappa shape index (κ3) is 3.53. The minimum absolute atomic E-state index is 0.0286. The van der Waals surface area contributed by atoms with Gasteiger partial charge in [-0.05, 0) is 29.8 Å². The third-order valence-corrected chi connectivity index (χ3v) is 4.65. The van der Waals surface area contributed by atoms with Crippen LogP contribution in [0.3, 0.4) is 0 Å². The second-order valence-electron chi connectivity index (χ2n) is 6.74. The Morgan fingerprint density at radius 3 is 2.50 bits per heavy atom. The molecule has 1 aliphatic heterocycles. The highest BCUT2D eigenvalue weighted by Crippen LogP contribution is 2.45. The molecule has 1 unspecified atom stereocenters. The molecule has 2 atom stereocenters. The predicted octanol–water partition coefficient (Wildman–Crippen LogP) is 3.28. The van der Waals surface area contributed by atoms with Crippen LogP contribution in [0.4, 0.5) is 8.78 Å². The molecule has 156 valence electrons. The Morgan fingerprint density at radius 1 is 1.13 bits per heavy atom. The summed E-state index contributed by atoms with van der Waals surface area (Å²) in [5.74, 6) is -0.00689. The number of fused-ring (bicyclic) bond motifs is 1. The van der Waals surface area contributed by atoms with E-state index in [2.05, 4.69) is 9.97 Å². The molecule has 2 heterocycles. The van der Waals surface area contributed by atoms with E-state index in [1.54, 1.807) is 6.07 Å². The Bertz CT molecular complexity index is 1090. The van der Waals surface area contributed by atoms with Crippen molar-refractivity contribution in [2.24, 2.45) is 0 Å². The van der Waals surface area contributed by atoms with E-state index in [0.29, 0.717) is 5.56 Å². The van der Waals surface area contributed by atoms with Crippen LogP contribution in [0.5, 0.6) is 17.2 Å². The molecule has 30 heavy (non-hydrogen) atoms. The molecule has 0 saturated heterocycles. The zero-order chi connectivity index (χ0) is 21.5. The highest BCUT2D eigenvalue weighted by molar-refractivity contribution is 5.75. The number of aromatic nitrogens is 2. The highest BCUT2D eigenvalue weighted by Gasteiger charge is 2.37. The van der Waals surface area contributed by atoms with Crippen LogP contribution in [0.1, 0.15) is 30.0 Å². The summed E-state index contributed by atoms with van der Waals surface area (Å²) in [6.45, 7) is 0.772. The van der Waals surface area contributed by atoms with Gasteiger partial charge in [0.1, 0.15) is 24.3 Å². The maximum atomic E-state index is 15.5. The Kier molecular flexibility index (Phi) is 5.00. The number of alkyl halides is 1. The van der Waals surface area contributed by atoms with Crippen LogP contribution in [0.15, 0.2) is 42.7 Å². The van der Waals surface area contributed by atoms with Crippen LogP contribution >= 0.6 is 0 Å². The van der Waals surface area contributed by atoms with E-state index in [0.717, 1.165) is 6.92 Å². The average molecular weight is 416 g/mol. The molecule has 2 aromatic carbocycles. The van der Waals surface area contributed by atoms with Gasteiger partial charge in [-0.3, -0.25) is 0 Å². The van der Waals surface area contributed by atoms with Gasteiger partial charge in [0.2, 0.25) is 0 Å². The molecule has 0 amide bonds. The lowest BCUT2D eigenvalue weighted by atomic mass is 9.96. The highest BCUT2D eigenvalue weighted by atomic mass is 19.2. The third-order valence-electron chi connectivity index (χ3n) is 4.65. The van der Waals surface area contributed by atoms with E-state index in [1.165, 1.54) is 43.8 Å². The van der Waals surface area contributed by atoms with Gasteiger partial charge in [0.25, 0.3) is 0 Å². The molecule has 0 saturated carbocycles. The summed E-state index contributed by atoms with van der Waals surface area (Å²) in [6, 6.07) is 5.06. The van der Waals surface area contributed by atoms with E-state index in [9.17, 15) is 9.50 Å². The molecule has 0 aliphatic carbocycles. The number of rotatable bonds is 5. The van der Waals surface area contributed by atoms with E-state index < -0.39 is 18.0 Å². The summed E-state index contributed by atoms with van der Waals surface area (Å²) in [5, 5.41) is 19.7. The number of aliphatic hydroxyl groups excluding tert-OH is 2. The Balaban J connectivity index is 1.77. The molecule has 0 bridgehead atoms. The van der Waals surface area contributed by atoms with Gasteiger partial charge in [-0.2, -0.15) is 4.39 Å². The fourth-order valence-corrected chi connectivity index (χ4v) is 3.23. The molecule has 0 fully saturated rings. The summed E-state index contributed by atoms with van der Waals surface area (Å²) < 4.78 is 44.9. The molecule has 2 N–H and O–H groups in total. The van der Waals surface area contributed by atoms with Crippen molar-refractivity contribution in [2.75, 3.05) is 7.11 Å². The zero-order valence-corrected chi connectivity index (χ0v) is 16.1. The predicted molar refractivity (Wildman–Crippen MR) is 101 cm³/mol. The molecule has 0 spiro atoms. The molecule has 4 rings (SSSR count). The topological polar surface area (TPSA) is 93.9 Å². The average Bonchev–Trinajstić information content (AvgIpc) is 3.05.